The molecule has 0 heterocycles. The molecule has 3 heteroatoms. The number of hydrogen-bond acceptors (Lipinski definition) is 0. The minimum absolute atomic E-state index is 0.891. The third kappa shape index (κ3) is 4.85. The van der Waals surface area contributed by atoms with E-state index in [1.807, 2.05) is 60.7 Å². The van der Waals surface area contributed by atoms with Crippen LogP contribution in [0.3, 0.4) is 0 Å². The van der Waals surface area contributed by atoms with Gasteiger partial charge in [-0.1, -0.05) is 59.3 Å². The fraction of sp³-hybridized carbons (Fsp3) is 0. The predicted molar refractivity (Wildman–Crippen MR) is 84.1 cm³/mol. The lowest BCUT2D eigenvalue weighted by Gasteiger charge is -1.97. The quantitative estimate of drug-likeness (QED) is 0.390. The lowest BCUT2D eigenvalue weighted by Crippen LogP contribution is -2.13. The molecule has 0 spiro atoms. The van der Waals surface area contributed by atoms with Gasteiger partial charge in [0.2, 0.25) is 0 Å². The van der Waals surface area contributed by atoms with E-state index in [2.05, 4.69) is 22.9 Å². The summed E-state index contributed by atoms with van der Waals surface area (Å²) in [4.78, 5) is 0. The third-order valence-corrected chi connectivity index (χ3v) is 4.29. The standard InChI is InChI=1S/C16H10Cl2Si/c17-19(18,13-11-15-7-3-1-4-8-15)14-12-16-9-5-2-6-10-16/h1-10H. The first-order chi connectivity index (χ1) is 9.16. The number of rotatable bonds is 0. The van der Waals surface area contributed by atoms with Crippen LogP contribution >= 0.6 is 22.2 Å². The highest BCUT2D eigenvalue weighted by Gasteiger charge is 2.22. The maximum Gasteiger partial charge on any atom is 0.405 e. The van der Waals surface area contributed by atoms with Crippen LogP contribution < -0.4 is 0 Å². The van der Waals surface area contributed by atoms with Crippen LogP contribution in [-0.4, -0.2) is 6.69 Å². The second-order valence-electron chi connectivity index (χ2n) is 3.81. The maximum atomic E-state index is 6.19. The summed E-state index contributed by atoms with van der Waals surface area (Å²) in [6, 6.07) is 19.2. The van der Waals surface area contributed by atoms with Gasteiger partial charge in [-0.05, 0) is 24.3 Å². The van der Waals surface area contributed by atoms with Gasteiger partial charge in [-0.15, -0.1) is 22.2 Å². The zero-order valence-corrected chi connectivity index (χ0v) is 12.5. The Labute approximate surface area is 123 Å². The lowest BCUT2D eigenvalue weighted by atomic mass is 10.2. The van der Waals surface area contributed by atoms with Crippen LogP contribution in [0.2, 0.25) is 0 Å². The van der Waals surface area contributed by atoms with Gasteiger partial charge in [-0.25, -0.2) is 0 Å². The van der Waals surface area contributed by atoms with E-state index in [4.69, 9.17) is 22.2 Å². The highest BCUT2D eigenvalue weighted by Crippen LogP contribution is 2.12. The molecular weight excluding hydrogens is 291 g/mol. The van der Waals surface area contributed by atoms with Crippen molar-refractivity contribution in [2.24, 2.45) is 0 Å². The first kappa shape index (κ1) is 13.8. The first-order valence-corrected chi connectivity index (χ1v) is 9.72. The Bertz CT molecular complexity index is 596. The van der Waals surface area contributed by atoms with E-state index in [-0.39, 0.29) is 0 Å². The van der Waals surface area contributed by atoms with E-state index >= 15 is 0 Å². The van der Waals surface area contributed by atoms with Crippen molar-refractivity contribution in [1.82, 2.24) is 0 Å². The van der Waals surface area contributed by atoms with Crippen molar-refractivity contribution >= 4 is 28.9 Å². The molecule has 2 rings (SSSR count). The SMILES string of the molecule is Cl[Si](Cl)(C#Cc1ccccc1)C#Cc1ccccc1. The number of hydrogen-bond donors (Lipinski definition) is 0. The fourth-order valence-corrected chi connectivity index (χ4v) is 2.61. The Morgan fingerprint density at radius 1 is 0.632 bits per heavy atom. The molecule has 92 valence electrons. The van der Waals surface area contributed by atoms with Crippen LogP contribution in [0.4, 0.5) is 0 Å². The van der Waals surface area contributed by atoms with Gasteiger partial charge in [0.25, 0.3) is 0 Å². The van der Waals surface area contributed by atoms with E-state index in [1.165, 1.54) is 0 Å². The van der Waals surface area contributed by atoms with E-state index in [1.54, 1.807) is 0 Å². The zero-order chi connectivity index (χ0) is 13.6. The smallest absolute Gasteiger partial charge is 0.116 e. The second kappa shape index (κ2) is 6.50. The van der Waals surface area contributed by atoms with E-state index in [0.29, 0.717) is 0 Å². The lowest BCUT2D eigenvalue weighted by molar-refractivity contribution is 1.65. The van der Waals surface area contributed by atoms with Crippen LogP contribution in [0.15, 0.2) is 60.7 Å². The summed E-state index contributed by atoms with van der Waals surface area (Å²) in [6.45, 7) is -2.85. The Hall–Kier alpha value is -1.64. The number of halogens is 2. The molecule has 0 aliphatic heterocycles. The van der Waals surface area contributed by atoms with Crippen LogP contribution in [0.5, 0.6) is 0 Å². The average Bonchev–Trinajstić information content (AvgIpc) is 2.46. The highest BCUT2D eigenvalue weighted by molar-refractivity contribution is 7.52. The van der Waals surface area contributed by atoms with Crippen molar-refractivity contribution in [3.05, 3.63) is 71.8 Å². The maximum absolute atomic E-state index is 6.19. The molecule has 19 heavy (non-hydrogen) atoms. The molecular formula is C16H10Cl2Si. The van der Waals surface area contributed by atoms with Gasteiger partial charge in [0, 0.05) is 11.1 Å². The third-order valence-electron chi connectivity index (χ3n) is 2.28. The molecule has 0 fully saturated rings. The Kier molecular flexibility index (Phi) is 4.72. The molecule has 0 aliphatic carbocycles. The Balaban J connectivity index is 2.16. The molecule has 0 bridgehead atoms. The van der Waals surface area contributed by atoms with Gasteiger partial charge >= 0.3 is 6.69 Å². The molecule has 0 atom stereocenters. The summed E-state index contributed by atoms with van der Waals surface area (Å²) in [5.74, 6) is 5.93. The van der Waals surface area contributed by atoms with Gasteiger partial charge in [-0.3, -0.25) is 0 Å². The number of benzene rings is 2. The van der Waals surface area contributed by atoms with Gasteiger partial charge in [0.1, 0.15) is 0 Å². The predicted octanol–water partition coefficient (Wildman–Crippen LogP) is 4.09. The molecule has 0 radical (unpaired) electrons. The molecule has 0 amide bonds. The topological polar surface area (TPSA) is 0 Å². The summed E-state index contributed by atoms with van der Waals surface area (Å²) >= 11 is 12.4. The van der Waals surface area contributed by atoms with Crippen LogP contribution in [-0.2, 0) is 0 Å². The summed E-state index contributed by atoms with van der Waals surface area (Å²) in [5.41, 5.74) is 7.57. The molecule has 0 unspecified atom stereocenters. The van der Waals surface area contributed by atoms with Crippen LogP contribution in [0, 0.1) is 22.9 Å². The molecule has 0 saturated heterocycles. The molecule has 0 N–H and O–H groups in total. The van der Waals surface area contributed by atoms with E-state index < -0.39 is 6.69 Å². The van der Waals surface area contributed by atoms with Crippen molar-refractivity contribution in [2.45, 2.75) is 0 Å². The molecule has 2 aromatic carbocycles. The van der Waals surface area contributed by atoms with Gasteiger partial charge < -0.3 is 0 Å². The van der Waals surface area contributed by atoms with E-state index in [9.17, 15) is 0 Å². The minimum atomic E-state index is -2.85. The van der Waals surface area contributed by atoms with Crippen molar-refractivity contribution < 1.29 is 0 Å². The minimum Gasteiger partial charge on any atom is -0.116 e. The summed E-state index contributed by atoms with van der Waals surface area (Å²) in [5, 5.41) is 0. The Morgan fingerprint density at radius 3 is 1.37 bits per heavy atom. The van der Waals surface area contributed by atoms with Gasteiger partial charge in [0.05, 0.1) is 0 Å². The van der Waals surface area contributed by atoms with Crippen LogP contribution in [0.25, 0.3) is 0 Å². The average molecular weight is 301 g/mol. The van der Waals surface area contributed by atoms with Crippen molar-refractivity contribution in [3.8, 4) is 22.9 Å². The van der Waals surface area contributed by atoms with Crippen molar-refractivity contribution in [1.29, 1.82) is 0 Å². The van der Waals surface area contributed by atoms with Gasteiger partial charge in [0.15, 0.2) is 0 Å². The van der Waals surface area contributed by atoms with E-state index in [0.717, 1.165) is 11.1 Å². The second-order valence-corrected chi connectivity index (χ2v) is 9.44. The Morgan fingerprint density at radius 2 is 1.00 bits per heavy atom. The molecule has 0 aromatic heterocycles. The molecule has 2 aromatic rings. The zero-order valence-electron chi connectivity index (χ0n) is 10.0. The highest BCUT2D eigenvalue weighted by atomic mass is 35.7. The van der Waals surface area contributed by atoms with Crippen LogP contribution in [0.1, 0.15) is 11.1 Å². The molecule has 0 nitrogen and oxygen atoms in total. The van der Waals surface area contributed by atoms with Gasteiger partial charge in [-0.2, -0.15) is 0 Å². The molecule has 0 aliphatic rings. The van der Waals surface area contributed by atoms with Crippen molar-refractivity contribution in [2.75, 3.05) is 0 Å². The normalized spacial score (nSPS) is 9.79. The largest absolute Gasteiger partial charge is 0.405 e. The van der Waals surface area contributed by atoms with Crippen molar-refractivity contribution in [3.63, 3.8) is 0 Å². The summed E-state index contributed by atoms with van der Waals surface area (Å²) in [7, 11) is 0. The summed E-state index contributed by atoms with van der Waals surface area (Å²) in [6.07, 6.45) is 0. The summed E-state index contributed by atoms with van der Waals surface area (Å²) < 4.78 is 0. The molecule has 0 saturated carbocycles. The first-order valence-electron chi connectivity index (χ1n) is 5.70. The fourth-order valence-electron chi connectivity index (χ4n) is 1.38. The monoisotopic (exact) mass is 300 g/mol.